The average molecular weight is 716 g/mol. The van der Waals surface area contributed by atoms with Crippen molar-refractivity contribution in [2.45, 2.75) is 31.0 Å². The highest BCUT2D eigenvalue weighted by Gasteiger charge is 2.63. The molecule has 0 bridgehead atoms. The number of para-hydroxylation sites is 1. The van der Waals surface area contributed by atoms with E-state index in [0.717, 1.165) is 0 Å². The number of halogens is 1. The second kappa shape index (κ2) is 12.8. The number of nitrogens with zero attached hydrogens (tertiary/aromatic N) is 4. The number of furan rings is 1. The Labute approximate surface area is 299 Å². The summed E-state index contributed by atoms with van der Waals surface area (Å²) in [6.07, 6.45) is 0.162. The van der Waals surface area contributed by atoms with E-state index < -0.39 is 58.0 Å². The summed E-state index contributed by atoms with van der Waals surface area (Å²) in [5.41, 5.74) is 3.50. The number of phenolic OH excluding ortho intramolecular Hbond substituents is 1. The number of phenols is 1. The maximum Gasteiger partial charge on any atom is 0.255 e. The number of aliphatic hydroxyl groups excluding tert-OH is 2. The molecule has 0 saturated carbocycles. The van der Waals surface area contributed by atoms with Gasteiger partial charge in [0.2, 0.25) is 5.78 Å². The van der Waals surface area contributed by atoms with Crippen molar-refractivity contribution in [1.29, 1.82) is 0 Å². The van der Waals surface area contributed by atoms with Crippen LogP contribution >= 0.6 is 0 Å². The molecule has 1 saturated heterocycles. The molecule has 7 rings (SSSR count). The number of nitrogens with two attached hydrogens (primary N) is 1. The normalized spacial score (nSPS) is 25.0. The highest BCUT2D eigenvalue weighted by atomic mass is 19.1. The number of fused-ring (bicyclic) bond motifs is 3. The van der Waals surface area contributed by atoms with Crippen molar-refractivity contribution in [3.63, 3.8) is 0 Å². The molecule has 52 heavy (non-hydrogen) atoms. The number of carbonyl (C=O) groups excluding carboxylic acids is 3. The topological polar surface area (TPSA) is 184 Å². The molecule has 4 atom stereocenters. The van der Waals surface area contributed by atoms with Crippen molar-refractivity contribution in [1.82, 2.24) is 9.80 Å². The van der Waals surface area contributed by atoms with E-state index in [0.29, 0.717) is 61.2 Å². The molecule has 274 valence electrons. The molecule has 3 aliphatic carbocycles. The van der Waals surface area contributed by atoms with Crippen LogP contribution < -0.4 is 15.5 Å². The molecule has 13 nitrogen and oxygen atoms in total. The fourth-order valence-electron chi connectivity index (χ4n) is 8.57. The number of ketones is 2. The molecule has 2 heterocycles. The predicted octanol–water partition coefficient (Wildman–Crippen LogP) is 2.91. The molecule has 0 spiro atoms. The zero-order valence-electron chi connectivity index (χ0n) is 29.4. The van der Waals surface area contributed by atoms with Crippen molar-refractivity contribution in [3.05, 3.63) is 87.8 Å². The number of carbonyl (C=O) groups is 3. The predicted molar refractivity (Wildman–Crippen MR) is 190 cm³/mol. The highest BCUT2D eigenvalue weighted by Crippen LogP contribution is 2.54. The maximum atomic E-state index is 14.4. The van der Waals surface area contributed by atoms with Crippen molar-refractivity contribution in [2.24, 2.45) is 17.6 Å². The minimum atomic E-state index is -2.72. The van der Waals surface area contributed by atoms with E-state index in [1.807, 2.05) is 15.9 Å². The van der Waals surface area contributed by atoms with Crippen LogP contribution in [-0.4, -0.2) is 114 Å². The third-order valence-electron chi connectivity index (χ3n) is 11.1. The van der Waals surface area contributed by atoms with Gasteiger partial charge in [-0.3, -0.25) is 24.2 Å². The Hall–Kier alpha value is -5.18. The van der Waals surface area contributed by atoms with Gasteiger partial charge in [0.25, 0.3) is 5.91 Å². The molecule has 2 aromatic carbocycles. The SMILES string of the molecule is CN(C)c1cc(-c2ccc(CN3CCN(c4ccccc4F)CC3)o2)c(O)c2c1C[C@@H]1C[C@@H]3[C@@H](N(C)C)C(O)=C(C(N)=O)C(=O)[C@]3(O)C(O)=C1C2=O. The molecule has 14 heteroatoms. The fourth-order valence-corrected chi connectivity index (χ4v) is 8.57. The van der Waals surface area contributed by atoms with Crippen LogP contribution in [0.3, 0.4) is 0 Å². The molecule has 6 N–H and O–H groups in total. The van der Waals surface area contributed by atoms with Crippen LogP contribution in [0.15, 0.2) is 69.5 Å². The van der Waals surface area contributed by atoms with Crippen molar-refractivity contribution in [3.8, 4) is 17.1 Å². The van der Waals surface area contributed by atoms with E-state index in [1.165, 1.54) is 11.0 Å². The summed E-state index contributed by atoms with van der Waals surface area (Å²) >= 11 is 0. The first-order valence-electron chi connectivity index (χ1n) is 17.2. The van der Waals surface area contributed by atoms with Gasteiger partial charge < -0.3 is 40.4 Å². The van der Waals surface area contributed by atoms with E-state index in [4.69, 9.17) is 10.2 Å². The number of hydrogen-bond donors (Lipinski definition) is 5. The van der Waals surface area contributed by atoms with E-state index in [2.05, 4.69) is 4.90 Å². The second-order valence-corrected chi connectivity index (χ2v) is 14.5. The van der Waals surface area contributed by atoms with Crippen LogP contribution in [0, 0.1) is 17.7 Å². The van der Waals surface area contributed by atoms with Crippen LogP contribution in [0.5, 0.6) is 5.75 Å². The van der Waals surface area contributed by atoms with Gasteiger partial charge in [-0.05, 0) is 68.8 Å². The van der Waals surface area contributed by atoms with E-state index in [1.54, 1.807) is 58.5 Å². The maximum absolute atomic E-state index is 14.4. The number of piperazine rings is 1. The molecule has 1 amide bonds. The molecule has 1 fully saturated rings. The van der Waals surface area contributed by atoms with E-state index in [9.17, 15) is 39.2 Å². The number of likely N-dealkylation sites (N-methyl/N-ethyl adjacent to an activating group) is 1. The summed E-state index contributed by atoms with van der Waals surface area (Å²) in [4.78, 5) is 47.9. The third kappa shape index (κ3) is 5.35. The number of rotatable bonds is 7. The van der Waals surface area contributed by atoms with Crippen molar-refractivity contribution in [2.75, 3.05) is 64.2 Å². The first-order valence-corrected chi connectivity index (χ1v) is 17.2. The van der Waals surface area contributed by atoms with Crippen molar-refractivity contribution >= 4 is 28.8 Å². The molecular weight excluding hydrogens is 673 g/mol. The average Bonchev–Trinajstić information content (AvgIpc) is 3.54. The van der Waals surface area contributed by atoms with Crippen LogP contribution in [0.1, 0.15) is 28.1 Å². The number of Topliss-reactive ketones (excluding diaryl/α,β-unsaturated/α-hetero) is 2. The zero-order chi connectivity index (χ0) is 37.4. The van der Waals surface area contributed by atoms with Gasteiger partial charge in [0.05, 0.1) is 29.4 Å². The Balaban J connectivity index is 1.22. The number of anilines is 2. The van der Waals surface area contributed by atoms with Gasteiger partial charge in [-0.1, -0.05) is 12.1 Å². The standard InChI is InChI=1S/C38H42FN5O8/c1-41(2)26-17-22(27-10-9-20(52-27)18-43-11-13-44(14-12-43)25-8-6-5-7-24(25)39)32(45)29-21(26)15-19-16-23-31(42(3)4)34(47)30(37(40)50)36(49)38(23,51)35(48)28(19)33(29)46/h5-10,17,19,23,31,45,47-48,51H,11-16,18H2,1-4H3,(H2,40,50)/t19-,23-,31-,38-/m1/s1. The second-order valence-electron chi connectivity index (χ2n) is 14.5. The Morgan fingerprint density at radius 1 is 1.04 bits per heavy atom. The molecule has 1 aromatic heterocycles. The van der Waals surface area contributed by atoms with Gasteiger partial charge in [0, 0.05) is 57.5 Å². The number of hydrogen-bond acceptors (Lipinski definition) is 12. The van der Waals surface area contributed by atoms with Crippen LogP contribution in [0.2, 0.25) is 0 Å². The minimum absolute atomic E-state index is 0.00274. The van der Waals surface area contributed by atoms with Gasteiger partial charge >= 0.3 is 0 Å². The quantitative estimate of drug-likeness (QED) is 0.226. The van der Waals surface area contributed by atoms with E-state index in [-0.39, 0.29) is 41.1 Å². The van der Waals surface area contributed by atoms with Crippen LogP contribution in [0.25, 0.3) is 11.3 Å². The lowest BCUT2D eigenvalue weighted by Gasteiger charge is -2.50. The Bertz CT molecular complexity index is 2060. The molecule has 0 radical (unpaired) electrons. The molecule has 0 unspecified atom stereocenters. The van der Waals surface area contributed by atoms with Gasteiger partial charge in [-0.15, -0.1) is 0 Å². The largest absolute Gasteiger partial charge is 0.510 e. The van der Waals surface area contributed by atoms with Gasteiger partial charge in [-0.25, -0.2) is 4.39 Å². The first-order chi connectivity index (χ1) is 24.6. The molecule has 4 aliphatic rings. The van der Waals surface area contributed by atoms with Gasteiger partial charge in [0.1, 0.15) is 40.2 Å². The molecular formula is C38H42FN5O8. The van der Waals surface area contributed by atoms with Crippen LogP contribution in [-0.2, 0) is 22.6 Å². The van der Waals surface area contributed by atoms with E-state index >= 15 is 0 Å². The summed E-state index contributed by atoms with van der Waals surface area (Å²) in [7, 11) is 6.78. The smallest absolute Gasteiger partial charge is 0.255 e. The van der Waals surface area contributed by atoms with Crippen molar-refractivity contribution < 1.29 is 43.6 Å². The summed E-state index contributed by atoms with van der Waals surface area (Å²) in [6, 6.07) is 10.9. The lowest BCUT2D eigenvalue weighted by Crippen LogP contribution is -2.63. The fraction of sp³-hybridized carbons (Fsp3) is 0.395. The monoisotopic (exact) mass is 715 g/mol. The highest BCUT2D eigenvalue weighted by molar-refractivity contribution is 6.25. The van der Waals surface area contributed by atoms with Gasteiger partial charge in [0.15, 0.2) is 11.4 Å². The summed E-state index contributed by atoms with van der Waals surface area (Å²) in [6.45, 7) is 3.09. The first kappa shape index (κ1) is 35.2. The minimum Gasteiger partial charge on any atom is -0.510 e. The number of benzene rings is 2. The number of aliphatic hydroxyl groups is 3. The number of allylic oxidation sites excluding steroid dienone is 1. The lowest BCUT2D eigenvalue weighted by molar-refractivity contribution is -0.148. The summed E-state index contributed by atoms with van der Waals surface area (Å²) in [5.74, 6) is -6.38. The zero-order valence-corrected chi connectivity index (χ0v) is 29.4. The number of aromatic hydroxyl groups is 1. The number of primary amides is 1. The summed E-state index contributed by atoms with van der Waals surface area (Å²) in [5, 5.41) is 46.4. The summed E-state index contributed by atoms with van der Waals surface area (Å²) < 4.78 is 20.6. The Morgan fingerprint density at radius 3 is 2.37 bits per heavy atom. The lowest BCUT2D eigenvalue weighted by atomic mass is 9.58. The molecule has 3 aromatic rings. The molecule has 1 aliphatic heterocycles. The Morgan fingerprint density at radius 2 is 1.73 bits per heavy atom. The van der Waals surface area contributed by atoms with Gasteiger partial charge in [-0.2, -0.15) is 0 Å². The van der Waals surface area contributed by atoms with Crippen LogP contribution in [0.4, 0.5) is 15.8 Å². The third-order valence-corrected chi connectivity index (χ3v) is 11.1. The Kier molecular flexibility index (Phi) is 8.67. The number of amides is 1.